The summed E-state index contributed by atoms with van der Waals surface area (Å²) in [5.74, 6) is -4.37. The van der Waals surface area contributed by atoms with Gasteiger partial charge in [-0.1, -0.05) is 84.4 Å². The molecule has 8 heteroatoms. The molecule has 0 radical (unpaired) electrons. The number of fused-ring (bicyclic) bond motifs is 5. The lowest BCUT2D eigenvalue weighted by Gasteiger charge is -2.54. The number of ketones is 1. The van der Waals surface area contributed by atoms with Crippen molar-refractivity contribution in [1.29, 1.82) is 0 Å². The van der Waals surface area contributed by atoms with E-state index < -0.39 is 76.3 Å². The minimum atomic E-state index is -1.95. The number of esters is 2. The van der Waals surface area contributed by atoms with E-state index >= 15 is 0 Å². The predicted molar refractivity (Wildman–Crippen MR) is 163 cm³/mol. The summed E-state index contributed by atoms with van der Waals surface area (Å²) < 4.78 is 12.7. The molecule has 0 unspecified atom stereocenters. The maximum atomic E-state index is 13.7. The average molecular weight is 601 g/mol. The number of rotatable bonds is 12. The molecule has 8 nitrogen and oxygen atoms in total. The Morgan fingerprint density at radius 3 is 2.30 bits per heavy atom. The lowest BCUT2D eigenvalue weighted by Crippen LogP contribution is -2.67. The van der Waals surface area contributed by atoms with Gasteiger partial charge in [0.2, 0.25) is 0 Å². The highest BCUT2D eigenvalue weighted by Crippen LogP contribution is 2.77. The number of aliphatic hydroxyl groups excluding tert-OH is 2. The van der Waals surface area contributed by atoms with E-state index in [0.717, 1.165) is 19.3 Å². The van der Waals surface area contributed by atoms with Crippen molar-refractivity contribution < 1.29 is 39.2 Å². The molecule has 0 bridgehead atoms. The van der Waals surface area contributed by atoms with E-state index in [4.69, 9.17) is 9.47 Å². The van der Waals surface area contributed by atoms with Crippen LogP contribution in [0.15, 0.2) is 34.9 Å². The Labute approximate surface area is 256 Å². The number of carbonyl (C=O) groups excluding carboxylic acids is 3. The second-order valence-corrected chi connectivity index (χ2v) is 14.1. The van der Waals surface area contributed by atoms with Crippen molar-refractivity contribution in [2.24, 2.45) is 29.1 Å². The van der Waals surface area contributed by atoms with E-state index in [2.05, 4.69) is 6.92 Å². The molecule has 4 aliphatic carbocycles. The first-order valence-corrected chi connectivity index (χ1v) is 16.2. The minimum Gasteiger partial charge on any atom is -0.457 e. The number of ether oxygens (including phenoxy) is 2. The quantitative estimate of drug-likeness (QED) is 0.122. The topological polar surface area (TPSA) is 130 Å². The number of carbonyl (C=O) groups is 3. The predicted octanol–water partition coefficient (Wildman–Crippen LogP) is 5.14. The fourth-order valence-corrected chi connectivity index (χ4v) is 8.69. The van der Waals surface area contributed by atoms with Gasteiger partial charge < -0.3 is 24.8 Å². The van der Waals surface area contributed by atoms with E-state index in [1.165, 1.54) is 19.3 Å². The molecular weight excluding hydrogens is 548 g/mol. The van der Waals surface area contributed by atoms with Crippen LogP contribution in [0.5, 0.6) is 0 Å². The minimum absolute atomic E-state index is 0.116. The molecule has 0 heterocycles. The summed E-state index contributed by atoms with van der Waals surface area (Å²) in [5.41, 5.74) is -4.25. The van der Waals surface area contributed by atoms with Gasteiger partial charge in [-0.25, -0.2) is 4.79 Å². The van der Waals surface area contributed by atoms with Gasteiger partial charge in [0.1, 0.15) is 22.9 Å². The van der Waals surface area contributed by atoms with Crippen LogP contribution >= 0.6 is 0 Å². The van der Waals surface area contributed by atoms with E-state index in [0.29, 0.717) is 23.1 Å². The van der Waals surface area contributed by atoms with Gasteiger partial charge in [-0.05, 0) is 38.3 Å². The second kappa shape index (κ2) is 12.2. The molecule has 3 N–H and O–H groups in total. The molecule has 4 rings (SSSR count). The molecule has 4 aliphatic rings. The number of unbranched alkanes of at least 4 members (excludes halogenated alkanes) is 6. The lowest BCUT2D eigenvalue weighted by atomic mass is 9.58. The van der Waals surface area contributed by atoms with Crippen LogP contribution in [0.2, 0.25) is 0 Å². The summed E-state index contributed by atoms with van der Waals surface area (Å²) >= 11 is 0. The summed E-state index contributed by atoms with van der Waals surface area (Å²) in [4.78, 5) is 40.3. The van der Waals surface area contributed by atoms with Crippen molar-refractivity contribution in [1.82, 2.24) is 0 Å². The zero-order valence-electron chi connectivity index (χ0n) is 27.1. The van der Waals surface area contributed by atoms with Crippen molar-refractivity contribution in [3.05, 3.63) is 34.9 Å². The SMILES string of the molecule is C/C=C(\C)C(=O)O[C@@]12[C@H](O)[C@@H](C)[C@@]3(OC(=O)CCCCCCCCC)[C@@H](C=C(CO)C[C@]4(O)C(=O)C(C)=C[C@@H]34)[C@@H]1C2(C)C. The molecular formula is C35H52O8. The monoisotopic (exact) mass is 600 g/mol. The van der Waals surface area contributed by atoms with Crippen molar-refractivity contribution in [2.45, 2.75) is 129 Å². The smallest absolute Gasteiger partial charge is 0.334 e. The van der Waals surface area contributed by atoms with Gasteiger partial charge in [0.25, 0.3) is 0 Å². The molecule has 8 atom stereocenters. The van der Waals surface area contributed by atoms with Crippen molar-refractivity contribution >= 4 is 17.7 Å². The number of hydrogen-bond donors (Lipinski definition) is 3. The number of aliphatic hydroxyl groups is 3. The molecule has 43 heavy (non-hydrogen) atoms. The van der Waals surface area contributed by atoms with Crippen LogP contribution in [0.3, 0.4) is 0 Å². The van der Waals surface area contributed by atoms with Gasteiger partial charge in [0.05, 0.1) is 12.5 Å². The van der Waals surface area contributed by atoms with E-state index in [1.54, 1.807) is 39.8 Å². The molecule has 0 aromatic rings. The third kappa shape index (κ3) is 5.15. The molecule has 0 spiro atoms. The Morgan fingerprint density at radius 1 is 1.07 bits per heavy atom. The molecule has 0 aromatic carbocycles. The van der Waals surface area contributed by atoms with Crippen LogP contribution in [0, 0.1) is 29.1 Å². The molecule has 0 aromatic heterocycles. The summed E-state index contributed by atoms with van der Waals surface area (Å²) in [5, 5.41) is 34.6. The first-order chi connectivity index (χ1) is 20.2. The van der Waals surface area contributed by atoms with Crippen LogP contribution in [0.4, 0.5) is 0 Å². The summed E-state index contributed by atoms with van der Waals surface area (Å²) in [6.07, 6.45) is 11.2. The highest BCUT2D eigenvalue weighted by Gasteiger charge is 2.87. The Kier molecular flexibility index (Phi) is 9.57. The van der Waals surface area contributed by atoms with Crippen LogP contribution < -0.4 is 0 Å². The molecule has 0 saturated heterocycles. The van der Waals surface area contributed by atoms with Gasteiger partial charge in [0.15, 0.2) is 5.78 Å². The lowest BCUT2D eigenvalue weighted by molar-refractivity contribution is -0.234. The van der Waals surface area contributed by atoms with Crippen LogP contribution in [-0.4, -0.2) is 62.6 Å². The van der Waals surface area contributed by atoms with Gasteiger partial charge >= 0.3 is 11.9 Å². The molecule has 2 fully saturated rings. The normalized spacial score (nSPS) is 37.8. The zero-order chi connectivity index (χ0) is 32.0. The Bertz CT molecular complexity index is 1210. The molecule has 0 amide bonds. The fraction of sp³-hybridized carbons (Fsp3) is 0.743. The van der Waals surface area contributed by atoms with Crippen LogP contribution in [0.25, 0.3) is 0 Å². The molecule has 2 saturated carbocycles. The third-order valence-electron chi connectivity index (χ3n) is 11.2. The molecule has 240 valence electrons. The zero-order valence-corrected chi connectivity index (χ0v) is 27.1. The summed E-state index contributed by atoms with van der Waals surface area (Å²) in [6.45, 7) is 12.4. The number of hydrogen-bond acceptors (Lipinski definition) is 8. The highest BCUT2D eigenvalue weighted by atomic mass is 16.6. The fourth-order valence-electron chi connectivity index (χ4n) is 8.69. The molecule has 0 aliphatic heterocycles. The van der Waals surface area contributed by atoms with Gasteiger partial charge in [-0.2, -0.15) is 0 Å². The largest absolute Gasteiger partial charge is 0.457 e. The van der Waals surface area contributed by atoms with E-state index in [-0.39, 0.29) is 12.8 Å². The highest BCUT2D eigenvalue weighted by molar-refractivity contribution is 6.05. The maximum absolute atomic E-state index is 13.7. The van der Waals surface area contributed by atoms with E-state index in [1.807, 2.05) is 19.9 Å². The Hall–Kier alpha value is -2.29. The standard InChI is InChI=1S/C35H52O8/c1-8-10-11-12-13-14-15-16-27(37)42-34-23(5)30(39)35(43-31(40)21(3)9-2)28(32(35,6)7)25(34)18-24(20-36)19-33(41)26(34)17-22(4)29(33)38/h9,17-18,23,25-26,28,30,36,39,41H,8,10-16,19-20H2,1-7H3/b21-9+/t23-,25+,26-,28-,30-,33-,34-,35-/m1/s1. The van der Waals surface area contributed by atoms with Crippen LogP contribution in [-0.2, 0) is 23.9 Å². The van der Waals surface area contributed by atoms with E-state index in [9.17, 15) is 29.7 Å². The first kappa shape index (κ1) is 33.6. The average Bonchev–Trinajstić information content (AvgIpc) is 3.41. The van der Waals surface area contributed by atoms with Crippen LogP contribution in [0.1, 0.15) is 106 Å². The second-order valence-electron chi connectivity index (χ2n) is 14.1. The van der Waals surface area contributed by atoms with Gasteiger partial charge in [-0.3, -0.25) is 9.59 Å². The Morgan fingerprint density at radius 2 is 1.70 bits per heavy atom. The van der Waals surface area contributed by atoms with Crippen molar-refractivity contribution in [3.8, 4) is 0 Å². The first-order valence-electron chi connectivity index (χ1n) is 16.2. The number of allylic oxidation sites excluding steroid dienone is 1. The number of Topliss-reactive ketones (excluding diaryl/α,β-unsaturated/α-hetero) is 1. The van der Waals surface area contributed by atoms with Gasteiger partial charge in [-0.15, -0.1) is 0 Å². The van der Waals surface area contributed by atoms with Gasteiger partial charge in [0, 0.05) is 41.6 Å². The maximum Gasteiger partial charge on any atom is 0.334 e. The van der Waals surface area contributed by atoms with Crippen molar-refractivity contribution in [3.63, 3.8) is 0 Å². The van der Waals surface area contributed by atoms with Crippen molar-refractivity contribution in [2.75, 3.05) is 6.61 Å². The summed E-state index contributed by atoms with van der Waals surface area (Å²) in [7, 11) is 0. The summed E-state index contributed by atoms with van der Waals surface area (Å²) in [6, 6.07) is 0. The third-order valence-corrected chi connectivity index (χ3v) is 11.2. The Balaban J connectivity index is 1.77.